The summed E-state index contributed by atoms with van der Waals surface area (Å²) in [4.78, 5) is 24.9. The molecule has 3 aromatic carbocycles. The second-order valence-electron chi connectivity index (χ2n) is 7.26. The zero-order valence-corrected chi connectivity index (χ0v) is 19.7. The predicted molar refractivity (Wildman–Crippen MR) is 127 cm³/mol. The summed E-state index contributed by atoms with van der Waals surface area (Å²) >= 11 is 6.25. The number of methoxy groups -OCH3 is 1. The van der Waals surface area contributed by atoms with Gasteiger partial charge in [-0.1, -0.05) is 59.6 Å². The van der Waals surface area contributed by atoms with Crippen molar-refractivity contribution in [2.75, 3.05) is 19.0 Å². The average Bonchev–Trinajstić information content (AvgIpc) is 2.80. The van der Waals surface area contributed by atoms with Crippen LogP contribution in [0.25, 0.3) is 0 Å². The number of halogens is 1. The van der Waals surface area contributed by atoms with Crippen LogP contribution in [0.1, 0.15) is 21.5 Å². The van der Waals surface area contributed by atoms with Crippen molar-refractivity contribution in [2.24, 2.45) is 0 Å². The number of sulfonamides is 1. The Hall–Kier alpha value is -3.20. The molecule has 172 valence electrons. The summed E-state index contributed by atoms with van der Waals surface area (Å²) in [7, 11) is -2.79. The van der Waals surface area contributed by atoms with Gasteiger partial charge in [0.25, 0.3) is 0 Å². The molecular formula is C24H23ClN2O5S. The summed E-state index contributed by atoms with van der Waals surface area (Å²) in [6.07, 6.45) is 0. The molecule has 0 heterocycles. The molecule has 0 spiro atoms. The van der Waals surface area contributed by atoms with E-state index in [9.17, 15) is 18.0 Å². The van der Waals surface area contributed by atoms with Gasteiger partial charge in [0.05, 0.1) is 29.8 Å². The Morgan fingerprint density at radius 3 is 2.27 bits per heavy atom. The molecule has 9 heteroatoms. The van der Waals surface area contributed by atoms with E-state index >= 15 is 0 Å². The molecule has 1 amide bonds. The normalized spacial score (nSPS) is 11.3. The second kappa shape index (κ2) is 10.6. The number of hydrogen-bond donors (Lipinski definition) is 1. The van der Waals surface area contributed by atoms with E-state index in [1.165, 1.54) is 31.4 Å². The summed E-state index contributed by atoms with van der Waals surface area (Å²) < 4.78 is 32.6. The van der Waals surface area contributed by atoms with Crippen molar-refractivity contribution in [1.29, 1.82) is 0 Å². The molecule has 0 unspecified atom stereocenters. The third-order valence-corrected chi connectivity index (χ3v) is 7.06. The Bertz CT molecular complexity index is 1260. The highest BCUT2D eigenvalue weighted by Gasteiger charge is 2.28. The largest absolute Gasteiger partial charge is 0.465 e. The van der Waals surface area contributed by atoms with Gasteiger partial charge in [0.2, 0.25) is 15.9 Å². The van der Waals surface area contributed by atoms with E-state index in [4.69, 9.17) is 16.3 Å². The van der Waals surface area contributed by atoms with Gasteiger partial charge in [0, 0.05) is 11.6 Å². The van der Waals surface area contributed by atoms with Crippen molar-refractivity contribution in [1.82, 2.24) is 4.31 Å². The highest BCUT2D eigenvalue weighted by Crippen LogP contribution is 2.23. The minimum Gasteiger partial charge on any atom is -0.465 e. The van der Waals surface area contributed by atoms with E-state index < -0.39 is 28.4 Å². The Kier molecular flexibility index (Phi) is 7.86. The highest BCUT2D eigenvalue weighted by atomic mass is 35.5. The average molecular weight is 487 g/mol. The number of carbonyl (C=O) groups is 2. The smallest absolute Gasteiger partial charge is 0.339 e. The van der Waals surface area contributed by atoms with Crippen LogP contribution in [0.3, 0.4) is 0 Å². The molecule has 0 radical (unpaired) electrons. The maximum Gasteiger partial charge on any atom is 0.339 e. The fourth-order valence-electron chi connectivity index (χ4n) is 3.13. The Morgan fingerprint density at radius 2 is 1.61 bits per heavy atom. The molecule has 0 fully saturated rings. The minimum atomic E-state index is -4.03. The first kappa shape index (κ1) is 24.4. The van der Waals surface area contributed by atoms with Crippen LogP contribution < -0.4 is 5.32 Å². The van der Waals surface area contributed by atoms with Gasteiger partial charge in [-0.15, -0.1) is 0 Å². The quantitative estimate of drug-likeness (QED) is 0.480. The van der Waals surface area contributed by atoms with Crippen LogP contribution in [-0.4, -0.2) is 38.3 Å². The second-order valence-corrected chi connectivity index (χ2v) is 9.61. The van der Waals surface area contributed by atoms with Gasteiger partial charge in [0.15, 0.2) is 0 Å². The molecule has 0 aliphatic carbocycles. The molecule has 0 saturated heterocycles. The van der Waals surface area contributed by atoms with Gasteiger partial charge in [-0.3, -0.25) is 4.79 Å². The van der Waals surface area contributed by atoms with Crippen molar-refractivity contribution >= 4 is 39.2 Å². The maximum absolute atomic E-state index is 13.4. The van der Waals surface area contributed by atoms with Crippen LogP contribution in [0.15, 0.2) is 77.7 Å². The topological polar surface area (TPSA) is 92.8 Å². The molecule has 1 N–H and O–H groups in total. The number of hydrogen-bond acceptors (Lipinski definition) is 5. The first-order chi connectivity index (χ1) is 15.7. The molecule has 0 aromatic heterocycles. The summed E-state index contributed by atoms with van der Waals surface area (Å²) in [6, 6.07) is 19.5. The molecule has 3 aromatic rings. The number of para-hydroxylation sites is 1. The molecule has 7 nitrogen and oxygen atoms in total. The number of aryl methyl sites for hydroxylation is 1. The minimum absolute atomic E-state index is 0.0583. The van der Waals surface area contributed by atoms with Gasteiger partial charge in [-0.25, -0.2) is 13.2 Å². The zero-order valence-electron chi connectivity index (χ0n) is 18.1. The van der Waals surface area contributed by atoms with E-state index in [-0.39, 0.29) is 22.7 Å². The maximum atomic E-state index is 13.4. The number of benzene rings is 3. The van der Waals surface area contributed by atoms with Crippen LogP contribution in [0.4, 0.5) is 5.69 Å². The Balaban J connectivity index is 1.92. The molecule has 0 aliphatic rings. The summed E-state index contributed by atoms with van der Waals surface area (Å²) in [5, 5.41) is 3.00. The SMILES string of the molecule is COC(=O)c1ccccc1NC(=O)CN(Cc1ccccc1Cl)S(=O)(=O)c1ccc(C)cc1. The van der Waals surface area contributed by atoms with Crippen LogP contribution in [0.5, 0.6) is 0 Å². The van der Waals surface area contributed by atoms with Crippen LogP contribution in [-0.2, 0) is 26.1 Å². The number of carbonyl (C=O) groups excluding carboxylic acids is 2. The van der Waals surface area contributed by atoms with Gasteiger partial charge in [0.1, 0.15) is 0 Å². The van der Waals surface area contributed by atoms with Gasteiger partial charge < -0.3 is 10.1 Å². The molecule has 0 saturated carbocycles. The number of nitrogens with one attached hydrogen (secondary N) is 1. The van der Waals surface area contributed by atoms with Crippen LogP contribution >= 0.6 is 11.6 Å². The van der Waals surface area contributed by atoms with Gasteiger partial charge in [-0.2, -0.15) is 4.31 Å². The van der Waals surface area contributed by atoms with Crippen molar-refractivity contribution in [3.8, 4) is 0 Å². The predicted octanol–water partition coefficient (Wildman–Crippen LogP) is 4.26. The summed E-state index contributed by atoms with van der Waals surface area (Å²) in [6.45, 7) is 1.25. The number of esters is 1. The van der Waals surface area contributed by atoms with Gasteiger partial charge >= 0.3 is 5.97 Å². The fourth-order valence-corrected chi connectivity index (χ4v) is 4.70. The summed E-state index contributed by atoms with van der Waals surface area (Å²) in [5.41, 5.74) is 1.84. The van der Waals surface area contributed by atoms with E-state index in [0.29, 0.717) is 10.6 Å². The van der Waals surface area contributed by atoms with Crippen LogP contribution in [0.2, 0.25) is 5.02 Å². The lowest BCUT2D eigenvalue weighted by Gasteiger charge is -2.23. The third kappa shape index (κ3) is 5.98. The molecule has 33 heavy (non-hydrogen) atoms. The van der Waals surface area contributed by atoms with E-state index in [2.05, 4.69) is 5.32 Å². The van der Waals surface area contributed by atoms with E-state index in [0.717, 1.165) is 9.87 Å². The standard InChI is InChI=1S/C24H23ClN2O5S/c1-17-11-13-19(14-12-17)33(30,31)27(15-18-7-3-5-9-21(18)25)16-23(28)26-22-10-6-4-8-20(22)24(29)32-2/h3-14H,15-16H2,1-2H3,(H,26,28). The summed E-state index contributed by atoms with van der Waals surface area (Å²) in [5.74, 6) is -1.24. The van der Waals surface area contributed by atoms with E-state index in [1.807, 2.05) is 6.92 Å². The fraction of sp³-hybridized carbons (Fsp3) is 0.167. The first-order valence-electron chi connectivity index (χ1n) is 10.00. The number of rotatable bonds is 8. The number of amides is 1. The van der Waals surface area contributed by atoms with Crippen molar-refractivity contribution in [3.63, 3.8) is 0 Å². The zero-order chi connectivity index (χ0) is 24.0. The van der Waals surface area contributed by atoms with Crippen molar-refractivity contribution < 1.29 is 22.7 Å². The molecule has 3 rings (SSSR count). The van der Waals surface area contributed by atoms with Crippen LogP contribution in [0, 0.1) is 6.92 Å². The first-order valence-corrected chi connectivity index (χ1v) is 11.8. The Labute approximate surface area is 198 Å². The number of anilines is 1. The number of nitrogens with zero attached hydrogens (tertiary/aromatic N) is 1. The highest BCUT2D eigenvalue weighted by molar-refractivity contribution is 7.89. The van der Waals surface area contributed by atoms with Crippen molar-refractivity contribution in [3.05, 3.63) is 94.5 Å². The lowest BCUT2D eigenvalue weighted by atomic mass is 10.2. The lowest BCUT2D eigenvalue weighted by molar-refractivity contribution is -0.116. The monoisotopic (exact) mass is 486 g/mol. The molecular weight excluding hydrogens is 464 g/mol. The third-order valence-electron chi connectivity index (χ3n) is 4.89. The molecule has 0 aliphatic heterocycles. The van der Waals surface area contributed by atoms with E-state index in [1.54, 1.807) is 48.5 Å². The number of ether oxygens (including phenoxy) is 1. The van der Waals surface area contributed by atoms with Crippen molar-refractivity contribution in [2.45, 2.75) is 18.4 Å². The van der Waals surface area contributed by atoms with Gasteiger partial charge in [-0.05, 0) is 42.8 Å². The lowest BCUT2D eigenvalue weighted by Crippen LogP contribution is -2.37. The Morgan fingerprint density at radius 1 is 0.970 bits per heavy atom. The molecule has 0 atom stereocenters. The molecule has 0 bridgehead atoms.